The van der Waals surface area contributed by atoms with Gasteiger partial charge in [-0.3, -0.25) is 9.59 Å². The molecule has 0 unspecified atom stereocenters. The molecule has 8 heteroatoms. The topological polar surface area (TPSA) is 92.7 Å². The first-order chi connectivity index (χ1) is 12.1. The summed E-state index contributed by atoms with van der Waals surface area (Å²) in [4.78, 5) is 30.0. The predicted octanol–water partition coefficient (Wildman–Crippen LogP) is 1.14. The van der Waals surface area contributed by atoms with E-state index >= 15 is 0 Å². The summed E-state index contributed by atoms with van der Waals surface area (Å²) in [6, 6.07) is 5.28. The van der Waals surface area contributed by atoms with Crippen LogP contribution in [0.4, 0.5) is 0 Å². The highest BCUT2D eigenvalue weighted by Gasteiger charge is 2.47. The monoisotopic (exact) mass is 349 g/mol. The summed E-state index contributed by atoms with van der Waals surface area (Å²) in [5.74, 6) is -2.55. The molecule has 0 aromatic heterocycles. The summed E-state index contributed by atoms with van der Waals surface area (Å²) >= 11 is 0. The Hall–Kier alpha value is -2.77. The van der Waals surface area contributed by atoms with E-state index in [0.717, 1.165) is 0 Å². The van der Waals surface area contributed by atoms with Gasteiger partial charge in [-0.25, -0.2) is 0 Å². The number of para-hydroxylation sites is 1. The molecule has 2 heterocycles. The molecule has 1 aromatic rings. The van der Waals surface area contributed by atoms with Crippen molar-refractivity contribution in [3.63, 3.8) is 0 Å². The molecule has 0 saturated heterocycles. The third-order valence-electron chi connectivity index (χ3n) is 4.42. The minimum absolute atomic E-state index is 0.182. The molecule has 2 aliphatic heterocycles. The molecule has 0 fully saturated rings. The van der Waals surface area contributed by atoms with Crippen LogP contribution in [0, 0.1) is 11.8 Å². The molecule has 0 N–H and O–H groups in total. The molecule has 0 amide bonds. The van der Waals surface area contributed by atoms with E-state index in [4.69, 9.17) is 23.8 Å². The molecule has 0 bridgehead atoms. The summed E-state index contributed by atoms with van der Waals surface area (Å²) in [5, 5.41) is 4.09. The van der Waals surface area contributed by atoms with Gasteiger partial charge in [0.05, 0.1) is 38.9 Å². The van der Waals surface area contributed by atoms with E-state index in [0.29, 0.717) is 36.0 Å². The number of benzene rings is 1. The number of esters is 2. The second-order valence-corrected chi connectivity index (χ2v) is 5.70. The zero-order chi connectivity index (χ0) is 18.0. The second kappa shape index (κ2) is 7.00. The van der Waals surface area contributed by atoms with Crippen LogP contribution < -0.4 is 9.47 Å². The number of fused-ring (bicyclic) bond motifs is 2. The van der Waals surface area contributed by atoms with Crippen molar-refractivity contribution >= 4 is 17.7 Å². The molecular formula is C17H19NO7. The second-order valence-electron chi connectivity index (χ2n) is 5.70. The SMILES string of the molecule is COC(=O)C(C(=O)OC)[C@H]1C2=NOC[C@H]2COc2c(OC)cccc21. The zero-order valence-corrected chi connectivity index (χ0v) is 14.2. The van der Waals surface area contributed by atoms with Crippen LogP contribution in [-0.2, 0) is 23.9 Å². The van der Waals surface area contributed by atoms with Gasteiger partial charge in [0.1, 0.15) is 13.2 Å². The standard InChI is InChI=1S/C17H19NO7/c1-21-11-6-4-5-10-12(13(16(19)22-2)17(20)23-3)14-9(8-25-18-14)7-24-15(10)11/h4-6,9,12-13H,7-8H2,1-3H3/t9-,12+/m1/s1. The van der Waals surface area contributed by atoms with Crippen molar-refractivity contribution in [3.8, 4) is 11.5 Å². The normalized spacial score (nSPS) is 21.0. The van der Waals surface area contributed by atoms with Gasteiger partial charge in [-0.05, 0) is 6.07 Å². The average molecular weight is 349 g/mol. The molecule has 1 aromatic carbocycles. The molecule has 0 aliphatic carbocycles. The minimum atomic E-state index is -1.22. The van der Waals surface area contributed by atoms with E-state index in [1.54, 1.807) is 18.2 Å². The lowest BCUT2D eigenvalue weighted by molar-refractivity contribution is -0.159. The highest BCUT2D eigenvalue weighted by atomic mass is 16.6. The van der Waals surface area contributed by atoms with Crippen LogP contribution in [0.5, 0.6) is 11.5 Å². The van der Waals surface area contributed by atoms with Gasteiger partial charge in [-0.1, -0.05) is 17.3 Å². The smallest absolute Gasteiger partial charge is 0.321 e. The summed E-state index contributed by atoms with van der Waals surface area (Å²) in [6.07, 6.45) is 0. The Morgan fingerprint density at radius 2 is 1.88 bits per heavy atom. The molecule has 0 spiro atoms. The van der Waals surface area contributed by atoms with Crippen LogP contribution in [0.1, 0.15) is 11.5 Å². The zero-order valence-electron chi connectivity index (χ0n) is 14.2. The van der Waals surface area contributed by atoms with Gasteiger partial charge in [0.15, 0.2) is 17.4 Å². The molecule has 134 valence electrons. The number of nitrogens with zero attached hydrogens (tertiary/aromatic N) is 1. The Kier molecular flexibility index (Phi) is 4.78. The molecule has 2 atom stereocenters. The van der Waals surface area contributed by atoms with Gasteiger partial charge >= 0.3 is 11.9 Å². The van der Waals surface area contributed by atoms with E-state index in [2.05, 4.69) is 5.16 Å². The Balaban J connectivity index is 2.19. The summed E-state index contributed by atoms with van der Waals surface area (Å²) in [7, 11) is 3.98. The average Bonchev–Trinajstić information content (AvgIpc) is 3.05. The van der Waals surface area contributed by atoms with E-state index in [1.165, 1.54) is 21.3 Å². The maximum Gasteiger partial charge on any atom is 0.321 e. The van der Waals surface area contributed by atoms with Crippen LogP contribution in [0.3, 0.4) is 0 Å². The molecule has 2 aliphatic rings. The first-order valence-corrected chi connectivity index (χ1v) is 7.77. The third-order valence-corrected chi connectivity index (χ3v) is 4.42. The fraction of sp³-hybridized carbons (Fsp3) is 0.471. The van der Waals surface area contributed by atoms with Crippen molar-refractivity contribution < 1.29 is 33.4 Å². The fourth-order valence-electron chi connectivity index (χ4n) is 3.21. The summed E-state index contributed by atoms with van der Waals surface area (Å²) in [5.41, 5.74) is 1.17. The van der Waals surface area contributed by atoms with Gasteiger partial charge < -0.3 is 23.8 Å². The Bertz CT molecular complexity index is 699. The highest BCUT2D eigenvalue weighted by Crippen LogP contribution is 2.44. The first kappa shape index (κ1) is 17.1. The van der Waals surface area contributed by atoms with Crippen LogP contribution in [-0.4, -0.2) is 52.2 Å². The number of hydrogen-bond donors (Lipinski definition) is 0. The van der Waals surface area contributed by atoms with Crippen molar-refractivity contribution in [2.45, 2.75) is 5.92 Å². The molecular weight excluding hydrogens is 330 g/mol. The van der Waals surface area contributed by atoms with Gasteiger partial charge in [-0.15, -0.1) is 0 Å². The third kappa shape index (κ3) is 2.88. The highest BCUT2D eigenvalue weighted by molar-refractivity contribution is 6.06. The van der Waals surface area contributed by atoms with E-state index in [1.807, 2.05) is 0 Å². The largest absolute Gasteiger partial charge is 0.493 e. The first-order valence-electron chi connectivity index (χ1n) is 7.77. The predicted molar refractivity (Wildman–Crippen MR) is 85.6 cm³/mol. The minimum Gasteiger partial charge on any atom is -0.493 e. The lowest BCUT2D eigenvalue weighted by Gasteiger charge is -2.24. The molecule has 25 heavy (non-hydrogen) atoms. The molecule has 3 rings (SSSR count). The van der Waals surface area contributed by atoms with Crippen LogP contribution >= 0.6 is 0 Å². The van der Waals surface area contributed by atoms with Crippen LogP contribution in [0.2, 0.25) is 0 Å². The van der Waals surface area contributed by atoms with Crippen molar-refractivity contribution in [3.05, 3.63) is 23.8 Å². The van der Waals surface area contributed by atoms with Crippen molar-refractivity contribution in [1.29, 1.82) is 0 Å². The lowest BCUT2D eigenvalue weighted by Crippen LogP contribution is -2.37. The molecule has 8 nitrogen and oxygen atoms in total. The summed E-state index contributed by atoms with van der Waals surface area (Å²) in [6.45, 7) is 0.620. The number of rotatable bonds is 4. The lowest BCUT2D eigenvalue weighted by atomic mass is 9.78. The van der Waals surface area contributed by atoms with Gasteiger partial charge in [0.25, 0.3) is 0 Å². The van der Waals surface area contributed by atoms with Crippen LogP contribution in [0.15, 0.2) is 23.4 Å². The number of hydrogen-bond acceptors (Lipinski definition) is 8. The quantitative estimate of drug-likeness (QED) is 0.594. The van der Waals surface area contributed by atoms with Gasteiger partial charge in [0.2, 0.25) is 0 Å². The van der Waals surface area contributed by atoms with E-state index < -0.39 is 23.8 Å². The van der Waals surface area contributed by atoms with Gasteiger partial charge in [-0.2, -0.15) is 0 Å². The number of carbonyl (C=O) groups is 2. The van der Waals surface area contributed by atoms with E-state index in [-0.39, 0.29) is 5.92 Å². The molecule has 0 radical (unpaired) electrons. The van der Waals surface area contributed by atoms with Crippen LogP contribution in [0.25, 0.3) is 0 Å². The summed E-state index contributed by atoms with van der Waals surface area (Å²) < 4.78 is 20.9. The molecule has 0 saturated carbocycles. The van der Waals surface area contributed by atoms with Crippen molar-refractivity contribution in [2.75, 3.05) is 34.5 Å². The number of methoxy groups -OCH3 is 3. The number of ether oxygens (including phenoxy) is 4. The maximum absolute atomic E-state index is 12.4. The van der Waals surface area contributed by atoms with Gasteiger partial charge in [0, 0.05) is 5.56 Å². The Morgan fingerprint density at radius 3 is 2.52 bits per heavy atom. The number of oxime groups is 1. The van der Waals surface area contributed by atoms with Crippen molar-refractivity contribution in [1.82, 2.24) is 0 Å². The number of carbonyl (C=O) groups excluding carboxylic acids is 2. The Labute approximate surface area is 144 Å². The Morgan fingerprint density at radius 1 is 1.16 bits per heavy atom. The fourth-order valence-corrected chi connectivity index (χ4v) is 3.21. The van der Waals surface area contributed by atoms with E-state index in [9.17, 15) is 9.59 Å². The maximum atomic E-state index is 12.4. The van der Waals surface area contributed by atoms with Crippen molar-refractivity contribution in [2.24, 2.45) is 17.0 Å².